The van der Waals surface area contributed by atoms with Gasteiger partial charge in [0.1, 0.15) is 0 Å². The predicted molar refractivity (Wildman–Crippen MR) is 74.2 cm³/mol. The number of nitrogens with zero attached hydrogens (tertiary/aromatic N) is 1. The van der Waals surface area contributed by atoms with Crippen LogP contribution in [-0.2, 0) is 9.63 Å². The zero-order valence-corrected chi connectivity index (χ0v) is 12.8. The van der Waals surface area contributed by atoms with E-state index in [1.807, 2.05) is 0 Å². The van der Waals surface area contributed by atoms with Crippen LogP contribution in [0, 0.1) is 22.2 Å². The Morgan fingerprint density at radius 1 is 1.16 bits per heavy atom. The fraction of sp³-hybridized carbons (Fsp3) is 0.938. The molecule has 0 aliphatic heterocycles. The minimum atomic E-state index is 0.150. The highest BCUT2D eigenvalue weighted by molar-refractivity contribution is 5.75. The number of hydroxylamine groups is 2. The van der Waals surface area contributed by atoms with Crippen molar-refractivity contribution in [3.63, 3.8) is 0 Å². The van der Waals surface area contributed by atoms with Crippen molar-refractivity contribution >= 4 is 5.91 Å². The summed E-state index contributed by atoms with van der Waals surface area (Å²) in [5, 5.41) is 1.41. The Morgan fingerprint density at radius 3 is 2.21 bits per heavy atom. The first-order chi connectivity index (χ1) is 8.77. The highest BCUT2D eigenvalue weighted by Crippen LogP contribution is 2.70. The van der Waals surface area contributed by atoms with E-state index < -0.39 is 0 Å². The van der Waals surface area contributed by atoms with Crippen LogP contribution in [0.25, 0.3) is 0 Å². The molecule has 3 nitrogen and oxygen atoms in total. The van der Waals surface area contributed by atoms with Gasteiger partial charge in [0, 0.05) is 13.5 Å². The van der Waals surface area contributed by atoms with Crippen molar-refractivity contribution in [1.29, 1.82) is 0 Å². The molecule has 4 fully saturated rings. The SMILES string of the molecule is CON(C)C(=O)CC12CC3CC(C)(CC(C)(C3)C1)C2. The summed E-state index contributed by atoms with van der Waals surface area (Å²) in [5.41, 5.74) is 1.23. The van der Waals surface area contributed by atoms with Gasteiger partial charge in [-0.1, -0.05) is 13.8 Å². The average Bonchev–Trinajstić information content (AvgIpc) is 2.21. The van der Waals surface area contributed by atoms with E-state index in [1.165, 1.54) is 43.6 Å². The topological polar surface area (TPSA) is 29.5 Å². The summed E-state index contributed by atoms with van der Waals surface area (Å²) >= 11 is 0. The van der Waals surface area contributed by atoms with Gasteiger partial charge in [-0.05, 0) is 60.7 Å². The maximum atomic E-state index is 12.3. The molecular formula is C16H27NO2. The molecule has 4 aliphatic carbocycles. The molecule has 2 atom stereocenters. The van der Waals surface area contributed by atoms with Crippen LogP contribution in [0.1, 0.15) is 58.8 Å². The van der Waals surface area contributed by atoms with Crippen molar-refractivity contribution in [2.75, 3.05) is 14.2 Å². The molecule has 1 amide bonds. The Morgan fingerprint density at radius 2 is 1.74 bits per heavy atom. The van der Waals surface area contributed by atoms with Crippen LogP contribution in [0.3, 0.4) is 0 Å². The zero-order chi connectivity index (χ0) is 13.9. The molecular weight excluding hydrogens is 238 g/mol. The smallest absolute Gasteiger partial charge is 0.246 e. The van der Waals surface area contributed by atoms with Crippen LogP contribution in [-0.4, -0.2) is 25.1 Å². The molecule has 0 aromatic carbocycles. The lowest BCUT2D eigenvalue weighted by Crippen LogP contribution is -2.56. The Kier molecular flexibility index (Phi) is 2.80. The summed E-state index contributed by atoms with van der Waals surface area (Å²) in [7, 11) is 3.30. The lowest BCUT2D eigenvalue weighted by Gasteiger charge is -2.65. The van der Waals surface area contributed by atoms with Gasteiger partial charge in [0.15, 0.2) is 0 Å². The van der Waals surface area contributed by atoms with Crippen LogP contribution >= 0.6 is 0 Å². The number of carbonyl (C=O) groups is 1. The molecule has 108 valence electrons. The van der Waals surface area contributed by atoms with E-state index in [4.69, 9.17) is 4.84 Å². The Hall–Kier alpha value is -0.570. The van der Waals surface area contributed by atoms with Gasteiger partial charge < -0.3 is 0 Å². The number of hydrogen-bond donors (Lipinski definition) is 0. The summed E-state index contributed by atoms with van der Waals surface area (Å²) in [4.78, 5) is 17.3. The van der Waals surface area contributed by atoms with E-state index in [0.717, 1.165) is 5.92 Å². The molecule has 0 N–H and O–H groups in total. The quantitative estimate of drug-likeness (QED) is 0.732. The third kappa shape index (κ3) is 2.20. The van der Waals surface area contributed by atoms with Gasteiger partial charge in [-0.25, -0.2) is 5.06 Å². The molecule has 4 rings (SSSR count). The molecule has 2 unspecified atom stereocenters. The third-order valence-corrected chi connectivity index (χ3v) is 5.89. The van der Waals surface area contributed by atoms with Gasteiger partial charge in [-0.15, -0.1) is 0 Å². The second-order valence-electron chi connectivity index (χ2n) is 8.38. The molecule has 0 saturated heterocycles. The summed E-state index contributed by atoms with van der Waals surface area (Å²) in [5.74, 6) is 1.00. The van der Waals surface area contributed by atoms with Crippen LogP contribution in [0.15, 0.2) is 0 Å². The van der Waals surface area contributed by atoms with Crippen LogP contribution in [0.4, 0.5) is 0 Å². The first kappa shape index (κ1) is 13.4. The summed E-state index contributed by atoms with van der Waals surface area (Å²) in [6.07, 6.45) is 8.58. The van der Waals surface area contributed by atoms with Crippen LogP contribution in [0.5, 0.6) is 0 Å². The summed E-state index contributed by atoms with van der Waals surface area (Å²) in [6.45, 7) is 4.91. The molecule has 3 heteroatoms. The van der Waals surface area contributed by atoms with Crippen molar-refractivity contribution < 1.29 is 9.63 Å². The maximum Gasteiger partial charge on any atom is 0.246 e. The standard InChI is InChI=1S/C16H27NO2/c1-14-5-12-6-15(2,9-14)11-16(7-12,10-14)8-13(18)17(3)19-4/h12H,5-11H2,1-4H3. The summed E-state index contributed by atoms with van der Waals surface area (Å²) < 4.78 is 0. The van der Waals surface area contributed by atoms with E-state index in [9.17, 15) is 4.79 Å². The van der Waals surface area contributed by atoms with Crippen LogP contribution < -0.4 is 0 Å². The number of amides is 1. The lowest BCUT2D eigenvalue weighted by molar-refractivity contribution is -0.184. The molecule has 0 spiro atoms. The zero-order valence-electron chi connectivity index (χ0n) is 12.8. The lowest BCUT2D eigenvalue weighted by atomic mass is 9.40. The molecule has 4 saturated carbocycles. The van der Waals surface area contributed by atoms with Crippen molar-refractivity contribution in [3.8, 4) is 0 Å². The van der Waals surface area contributed by atoms with Gasteiger partial charge in [-0.2, -0.15) is 0 Å². The molecule has 0 aromatic rings. The minimum Gasteiger partial charge on any atom is -0.275 e. The molecule has 0 aromatic heterocycles. The molecule has 4 aliphatic rings. The Balaban J connectivity index is 1.83. The monoisotopic (exact) mass is 265 g/mol. The molecule has 0 heterocycles. The van der Waals surface area contributed by atoms with Gasteiger partial charge in [0.05, 0.1) is 7.11 Å². The fourth-order valence-electron chi connectivity index (χ4n) is 6.42. The van der Waals surface area contributed by atoms with Gasteiger partial charge in [0.2, 0.25) is 5.91 Å². The Labute approximate surface area is 116 Å². The van der Waals surface area contributed by atoms with E-state index in [-0.39, 0.29) is 11.3 Å². The van der Waals surface area contributed by atoms with E-state index in [0.29, 0.717) is 17.3 Å². The molecule has 0 radical (unpaired) electrons. The second-order valence-corrected chi connectivity index (χ2v) is 8.38. The first-order valence-electron chi connectivity index (χ1n) is 7.58. The van der Waals surface area contributed by atoms with Crippen molar-refractivity contribution in [2.45, 2.75) is 58.8 Å². The fourth-order valence-corrected chi connectivity index (χ4v) is 6.42. The molecule has 19 heavy (non-hydrogen) atoms. The first-order valence-corrected chi connectivity index (χ1v) is 7.58. The summed E-state index contributed by atoms with van der Waals surface area (Å²) in [6, 6.07) is 0. The van der Waals surface area contributed by atoms with Crippen molar-refractivity contribution in [1.82, 2.24) is 5.06 Å². The molecule has 4 bridgehead atoms. The van der Waals surface area contributed by atoms with Crippen molar-refractivity contribution in [3.05, 3.63) is 0 Å². The number of rotatable bonds is 3. The minimum absolute atomic E-state index is 0.150. The van der Waals surface area contributed by atoms with E-state index in [1.54, 1.807) is 14.2 Å². The number of hydrogen-bond acceptors (Lipinski definition) is 2. The van der Waals surface area contributed by atoms with E-state index in [2.05, 4.69) is 13.8 Å². The highest BCUT2D eigenvalue weighted by Gasteiger charge is 2.60. The largest absolute Gasteiger partial charge is 0.275 e. The van der Waals surface area contributed by atoms with E-state index >= 15 is 0 Å². The third-order valence-electron chi connectivity index (χ3n) is 5.89. The normalized spacial score (nSPS) is 47.5. The van der Waals surface area contributed by atoms with Gasteiger partial charge in [0.25, 0.3) is 0 Å². The maximum absolute atomic E-state index is 12.3. The number of carbonyl (C=O) groups excluding carboxylic acids is 1. The highest BCUT2D eigenvalue weighted by atomic mass is 16.7. The predicted octanol–water partition coefficient (Wildman–Crippen LogP) is 3.39. The van der Waals surface area contributed by atoms with Crippen LogP contribution in [0.2, 0.25) is 0 Å². The van der Waals surface area contributed by atoms with Gasteiger partial charge >= 0.3 is 0 Å². The van der Waals surface area contributed by atoms with Crippen molar-refractivity contribution in [2.24, 2.45) is 22.2 Å². The van der Waals surface area contributed by atoms with Gasteiger partial charge in [-0.3, -0.25) is 9.63 Å². The second kappa shape index (κ2) is 3.97. The Bertz CT molecular complexity index is 388. The average molecular weight is 265 g/mol.